The molecular formula is C14H19N3O4. The molecule has 0 unspecified atom stereocenters. The van der Waals surface area contributed by atoms with E-state index in [0.717, 1.165) is 6.54 Å². The van der Waals surface area contributed by atoms with E-state index in [9.17, 15) is 9.59 Å². The Bertz CT molecular complexity index is 687. The van der Waals surface area contributed by atoms with Crippen LogP contribution in [-0.2, 0) is 11.3 Å². The minimum atomic E-state index is -1.02. The van der Waals surface area contributed by atoms with Crippen LogP contribution in [0.25, 0.3) is 11.0 Å². The Morgan fingerprint density at radius 1 is 1.38 bits per heavy atom. The van der Waals surface area contributed by atoms with E-state index in [0.29, 0.717) is 30.8 Å². The highest BCUT2D eigenvalue weighted by molar-refractivity contribution is 5.92. The van der Waals surface area contributed by atoms with Gasteiger partial charge in [0.1, 0.15) is 0 Å². The highest BCUT2D eigenvalue weighted by Gasteiger charge is 2.09. The normalized spacial score (nSPS) is 11.4. The van der Waals surface area contributed by atoms with Crippen molar-refractivity contribution in [2.45, 2.75) is 6.54 Å². The number of hydrogen-bond donors (Lipinski definition) is 2. The Morgan fingerprint density at radius 2 is 2.14 bits per heavy atom. The van der Waals surface area contributed by atoms with Gasteiger partial charge in [0.15, 0.2) is 0 Å². The van der Waals surface area contributed by atoms with Crippen molar-refractivity contribution in [3.8, 4) is 0 Å². The van der Waals surface area contributed by atoms with Crippen molar-refractivity contribution in [3.63, 3.8) is 0 Å². The minimum absolute atomic E-state index is 0.151. The van der Waals surface area contributed by atoms with E-state index in [1.54, 1.807) is 10.6 Å². The van der Waals surface area contributed by atoms with Crippen molar-refractivity contribution in [2.75, 3.05) is 33.9 Å². The van der Waals surface area contributed by atoms with Crippen LogP contribution in [0.4, 0.5) is 0 Å². The van der Waals surface area contributed by atoms with Gasteiger partial charge in [0, 0.05) is 6.54 Å². The molecule has 0 spiro atoms. The molecule has 0 radical (unpaired) electrons. The zero-order chi connectivity index (χ0) is 15.4. The molecule has 0 bridgehead atoms. The molecule has 1 heterocycles. The molecule has 0 aliphatic heterocycles. The maximum absolute atomic E-state index is 11.9. The van der Waals surface area contributed by atoms with E-state index in [1.807, 2.05) is 19.0 Å². The van der Waals surface area contributed by atoms with E-state index in [2.05, 4.69) is 4.98 Å². The molecule has 0 saturated carbocycles. The summed E-state index contributed by atoms with van der Waals surface area (Å²) in [6.45, 7) is 2.29. The summed E-state index contributed by atoms with van der Waals surface area (Å²) in [6, 6.07) is 4.58. The molecule has 1 aromatic heterocycles. The number of likely N-dealkylation sites (N-methyl/N-ethyl adjacent to an activating group) is 1. The minimum Gasteiger partial charge on any atom is -0.478 e. The number of ether oxygens (including phenoxy) is 1. The molecular weight excluding hydrogens is 274 g/mol. The van der Waals surface area contributed by atoms with Crippen LogP contribution in [0, 0.1) is 0 Å². The highest BCUT2D eigenvalue weighted by atomic mass is 16.5. The maximum Gasteiger partial charge on any atom is 0.335 e. The summed E-state index contributed by atoms with van der Waals surface area (Å²) in [5.74, 6) is -1.02. The van der Waals surface area contributed by atoms with Crippen molar-refractivity contribution in [2.24, 2.45) is 0 Å². The molecule has 7 nitrogen and oxygen atoms in total. The van der Waals surface area contributed by atoms with E-state index in [-0.39, 0.29) is 11.3 Å². The van der Waals surface area contributed by atoms with Crippen molar-refractivity contribution in [1.82, 2.24) is 14.5 Å². The number of fused-ring (bicyclic) bond motifs is 1. The van der Waals surface area contributed by atoms with Crippen LogP contribution < -0.4 is 5.69 Å². The number of aromatic amines is 1. The Hall–Kier alpha value is -2.12. The molecule has 2 N–H and O–H groups in total. The topological polar surface area (TPSA) is 87.6 Å². The fraction of sp³-hybridized carbons (Fsp3) is 0.429. The smallest absolute Gasteiger partial charge is 0.335 e. The zero-order valence-electron chi connectivity index (χ0n) is 12.1. The SMILES string of the molecule is CN(C)CCOCCn1c(=O)[nH]c2cc(C(=O)O)ccc21. The lowest BCUT2D eigenvalue weighted by Gasteiger charge is -2.10. The van der Waals surface area contributed by atoms with Crippen LogP contribution >= 0.6 is 0 Å². The lowest BCUT2D eigenvalue weighted by atomic mass is 10.2. The first-order chi connectivity index (χ1) is 9.99. The van der Waals surface area contributed by atoms with Crippen LogP contribution in [0.3, 0.4) is 0 Å². The summed E-state index contributed by atoms with van der Waals surface area (Å²) in [4.78, 5) is 27.5. The molecule has 0 saturated heterocycles. The van der Waals surface area contributed by atoms with Gasteiger partial charge in [-0.05, 0) is 32.3 Å². The standard InChI is InChI=1S/C14H19N3O4/c1-16(2)5-7-21-8-6-17-12-4-3-10(13(18)19)9-11(12)15-14(17)20/h3-4,9H,5-8H2,1-2H3,(H,15,20)(H,18,19). The number of imidazole rings is 1. The maximum atomic E-state index is 11.9. The number of nitrogens with zero attached hydrogens (tertiary/aromatic N) is 2. The molecule has 0 amide bonds. The van der Waals surface area contributed by atoms with Gasteiger partial charge in [-0.3, -0.25) is 4.57 Å². The van der Waals surface area contributed by atoms with Gasteiger partial charge in [-0.15, -0.1) is 0 Å². The molecule has 114 valence electrons. The van der Waals surface area contributed by atoms with E-state index in [1.165, 1.54) is 12.1 Å². The van der Waals surface area contributed by atoms with Crippen LogP contribution in [0.15, 0.2) is 23.0 Å². The molecule has 0 aliphatic rings. The first kappa shape index (κ1) is 15.3. The van der Waals surface area contributed by atoms with Crippen molar-refractivity contribution < 1.29 is 14.6 Å². The molecule has 1 aromatic carbocycles. The average molecular weight is 293 g/mol. The molecule has 0 fully saturated rings. The summed E-state index contributed by atoms with van der Waals surface area (Å²) < 4.78 is 7.03. The predicted molar refractivity (Wildman–Crippen MR) is 78.9 cm³/mol. The predicted octanol–water partition coefficient (Wildman–Crippen LogP) is 0.606. The first-order valence-corrected chi connectivity index (χ1v) is 6.67. The van der Waals surface area contributed by atoms with Crippen molar-refractivity contribution in [1.29, 1.82) is 0 Å². The number of benzene rings is 1. The van der Waals surface area contributed by atoms with E-state index < -0.39 is 5.97 Å². The molecule has 7 heteroatoms. The van der Waals surface area contributed by atoms with E-state index >= 15 is 0 Å². The third-order valence-electron chi connectivity index (χ3n) is 3.16. The van der Waals surface area contributed by atoms with Gasteiger partial charge in [-0.1, -0.05) is 0 Å². The van der Waals surface area contributed by atoms with Gasteiger partial charge >= 0.3 is 11.7 Å². The first-order valence-electron chi connectivity index (χ1n) is 6.67. The number of H-pyrrole nitrogens is 1. The Kier molecular flexibility index (Phi) is 4.77. The summed E-state index contributed by atoms with van der Waals surface area (Å²) in [6.07, 6.45) is 0. The Morgan fingerprint density at radius 3 is 2.81 bits per heavy atom. The van der Waals surface area contributed by atoms with Crippen LogP contribution in [-0.4, -0.2) is 59.4 Å². The second kappa shape index (κ2) is 6.55. The van der Waals surface area contributed by atoms with Gasteiger partial charge in [0.25, 0.3) is 0 Å². The number of rotatable bonds is 7. The summed E-state index contributed by atoms with van der Waals surface area (Å²) in [7, 11) is 3.93. The third-order valence-corrected chi connectivity index (χ3v) is 3.16. The molecule has 0 atom stereocenters. The largest absolute Gasteiger partial charge is 0.478 e. The summed E-state index contributed by atoms with van der Waals surface area (Å²) >= 11 is 0. The van der Waals surface area contributed by atoms with Crippen LogP contribution in [0.2, 0.25) is 0 Å². The van der Waals surface area contributed by atoms with E-state index in [4.69, 9.17) is 9.84 Å². The van der Waals surface area contributed by atoms with Gasteiger partial charge in [0.05, 0.1) is 36.4 Å². The number of hydrogen-bond acceptors (Lipinski definition) is 4. The zero-order valence-corrected chi connectivity index (χ0v) is 12.1. The Labute approximate surface area is 121 Å². The number of carboxylic acids is 1. The Balaban J connectivity index is 2.08. The number of carboxylic acid groups (broad SMARTS) is 1. The van der Waals surface area contributed by atoms with Crippen molar-refractivity contribution in [3.05, 3.63) is 34.2 Å². The lowest BCUT2D eigenvalue weighted by Crippen LogP contribution is -2.22. The third kappa shape index (κ3) is 3.71. The molecule has 2 rings (SSSR count). The molecule has 2 aromatic rings. The fourth-order valence-corrected chi connectivity index (χ4v) is 2.02. The number of aromatic nitrogens is 2. The van der Waals surface area contributed by atoms with Crippen LogP contribution in [0.1, 0.15) is 10.4 Å². The highest BCUT2D eigenvalue weighted by Crippen LogP contribution is 2.12. The van der Waals surface area contributed by atoms with Crippen LogP contribution in [0.5, 0.6) is 0 Å². The summed E-state index contributed by atoms with van der Waals surface area (Å²) in [5, 5.41) is 8.94. The number of carbonyl (C=O) groups is 1. The number of aromatic carboxylic acids is 1. The van der Waals surface area contributed by atoms with Gasteiger partial charge in [-0.2, -0.15) is 0 Å². The van der Waals surface area contributed by atoms with Gasteiger partial charge in [0.2, 0.25) is 0 Å². The quantitative estimate of drug-likeness (QED) is 0.730. The molecule has 21 heavy (non-hydrogen) atoms. The average Bonchev–Trinajstić information content (AvgIpc) is 2.73. The number of nitrogens with one attached hydrogen (secondary N) is 1. The lowest BCUT2D eigenvalue weighted by molar-refractivity contribution is 0.0697. The fourth-order valence-electron chi connectivity index (χ4n) is 2.02. The monoisotopic (exact) mass is 293 g/mol. The van der Waals surface area contributed by atoms with Gasteiger partial charge < -0.3 is 19.7 Å². The second-order valence-corrected chi connectivity index (χ2v) is 5.03. The van der Waals surface area contributed by atoms with Crippen molar-refractivity contribution >= 4 is 17.0 Å². The summed E-state index contributed by atoms with van der Waals surface area (Å²) in [5.41, 5.74) is 1.09. The second-order valence-electron chi connectivity index (χ2n) is 5.03. The van der Waals surface area contributed by atoms with Gasteiger partial charge in [-0.25, -0.2) is 9.59 Å². The molecule has 0 aliphatic carbocycles.